The number of hydrogen-bond donors (Lipinski definition) is 3. The first-order chi connectivity index (χ1) is 4.66. The van der Waals surface area contributed by atoms with E-state index in [0.29, 0.717) is 13.0 Å². The standard InChI is InChI=1S/C4H11NO3S2/c5-3-4(9)1-2-8-10(6)7/h4,9H,1-3,5H2,(H,6,7)/t4-/m1/s1. The summed E-state index contributed by atoms with van der Waals surface area (Å²) in [5.74, 6) is 0. The molecule has 0 rings (SSSR count). The molecular weight excluding hydrogens is 174 g/mol. The van der Waals surface area contributed by atoms with E-state index in [1.807, 2.05) is 0 Å². The highest BCUT2D eigenvalue weighted by molar-refractivity contribution is 7.81. The lowest BCUT2D eigenvalue weighted by Gasteiger charge is -2.04. The molecule has 0 fully saturated rings. The highest BCUT2D eigenvalue weighted by atomic mass is 32.2. The third kappa shape index (κ3) is 6.50. The summed E-state index contributed by atoms with van der Waals surface area (Å²) in [5, 5.41) is 0.0450. The van der Waals surface area contributed by atoms with Crippen molar-refractivity contribution in [3.05, 3.63) is 0 Å². The minimum Gasteiger partial charge on any atom is -0.329 e. The van der Waals surface area contributed by atoms with Crippen LogP contribution >= 0.6 is 12.6 Å². The average molecular weight is 185 g/mol. The van der Waals surface area contributed by atoms with Gasteiger partial charge in [0, 0.05) is 11.8 Å². The molecule has 0 aromatic rings. The lowest BCUT2D eigenvalue weighted by Crippen LogP contribution is -2.16. The summed E-state index contributed by atoms with van der Waals surface area (Å²) in [6.07, 6.45) is 0.589. The summed E-state index contributed by atoms with van der Waals surface area (Å²) in [6, 6.07) is 0. The molecule has 0 saturated carbocycles. The molecule has 4 nitrogen and oxygen atoms in total. The predicted octanol–water partition coefficient (Wildman–Crippen LogP) is -0.213. The van der Waals surface area contributed by atoms with Crippen LogP contribution in [0.4, 0.5) is 0 Å². The SMILES string of the molecule is NC[C@H](S)CCOS(=O)O. The highest BCUT2D eigenvalue weighted by Crippen LogP contribution is 1.98. The molecule has 0 aromatic carbocycles. The van der Waals surface area contributed by atoms with Gasteiger partial charge in [0.2, 0.25) is 0 Å². The Kier molecular flexibility index (Phi) is 6.35. The van der Waals surface area contributed by atoms with Crippen LogP contribution in [0.3, 0.4) is 0 Å². The molecule has 1 unspecified atom stereocenters. The van der Waals surface area contributed by atoms with Gasteiger partial charge in [-0.25, -0.2) is 0 Å². The van der Waals surface area contributed by atoms with Crippen molar-refractivity contribution in [2.45, 2.75) is 11.7 Å². The van der Waals surface area contributed by atoms with Gasteiger partial charge >= 0.3 is 11.4 Å². The van der Waals surface area contributed by atoms with Gasteiger partial charge in [-0.2, -0.15) is 16.8 Å². The van der Waals surface area contributed by atoms with Crippen LogP contribution in [0.15, 0.2) is 0 Å². The first-order valence-corrected chi connectivity index (χ1v) is 4.34. The zero-order valence-electron chi connectivity index (χ0n) is 5.40. The Labute approximate surface area is 68.0 Å². The second-order valence-electron chi connectivity index (χ2n) is 1.72. The fourth-order valence-electron chi connectivity index (χ4n) is 0.373. The van der Waals surface area contributed by atoms with Crippen LogP contribution in [-0.4, -0.2) is 27.2 Å². The Morgan fingerprint density at radius 1 is 1.80 bits per heavy atom. The van der Waals surface area contributed by atoms with E-state index >= 15 is 0 Å². The van der Waals surface area contributed by atoms with E-state index in [4.69, 9.17) is 10.3 Å². The lowest BCUT2D eigenvalue weighted by atomic mass is 10.3. The molecule has 6 heteroatoms. The maximum atomic E-state index is 9.90. The van der Waals surface area contributed by atoms with E-state index in [9.17, 15) is 4.21 Å². The third-order valence-electron chi connectivity index (χ3n) is 0.907. The van der Waals surface area contributed by atoms with Gasteiger partial charge in [-0.1, -0.05) is 0 Å². The van der Waals surface area contributed by atoms with Gasteiger partial charge in [-0.3, -0.25) is 8.74 Å². The van der Waals surface area contributed by atoms with Gasteiger partial charge in [0.15, 0.2) is 0 Å². The molecule has 0 radical (unpaired) electrons. The summed E-state index contributed by atoms with van der Waals surface area (Å²) in [4.78, 5) is 0. The Bertz CT molecular complexity index is 111. The summed E-state index contributed by atoms with van der Waals surface area (Å²) < 4.78 is 22.4. The largest absolute Gasteiger partial charge is 0.329 e. The first kappa shape index (κ1) is 10.4. The van der Waals surface area contributed by atoms with Crippen molar-refractivity contribution in [2.75, 3.05) is 13.2 Å². The zero-order chi connectivity index (χ0) is 7.98. The van der Waals surface area contributed by atoms with Gasteiger partial charge in [0.05, 0.1) is 6.61 Å². The van der Waals surface area contributed by atoms with Gasteiger partial charge < -0.3 is 5.73 Å². The van der Waals surface area contributed by atoms with Crippen molar-refractivity contribution >= 4 is 24.0 Å². The van der Waals surface area contributed by atoms with Crippen molar-refractivity contribution in [1.29, 1.82) is 0 Å². The first-order valence-electron chi connectivity index (χ1n) is 2.79. The smallest absolute Gasteiger partial charge is 0.301 e. The molecule has 0 heterocycles. The minimum absolute atomic E-state index is 0.0450. The predicted molar refractivity (Wildman–Crippen MR) is 43.2 cm³/mol. The van der Waals surface area contributed by atoms with Crippen molar-refractivity contribution in [1.82, 2.24) is 0 Å². The van der Waals surface area contributed by atoms with Crippen molar-refractivity contribution in [3.63, 3.8) is 0 Å². The summed E-state index contributed by atoms with van der Waals surface area (Å²) in [7, 11) is 0. The molecule has 3 N–H and O–H groups in total. The quantitative estimate of drug-likeness (QED) is 0.409. The van der Waals surface area contributed by atoms with Crippen LogP contribution in [0.25, 0.3) is 0 Å². The number of thiol groups is 1. The van der Waals surface area contributed by atoms with E-state index in [0.717, 1.165) is 0 Å². The van der Waals surface area contributed by atoms with E-state index in [2.05, 4.69) is 16.8 Å². The number of rotatable bonds is 5. The van der Waals surface area contributed by atoms with Crippen molar-refractivity contribution < 1.29 is 12.9 Å². The van der Waals surface area contributed by atoms with E-state index in [-0.39, 0.29) is 11.9 Å². The molecular formula is C4H11NO3S2. The maximum Gasteiger partial charge on any atom is 0.301 e. The molecule has 0 amide bonds. The molecule has 0 saturated heterocycles. The maximum absolute atomic E-state index is 9.90. The monoisotopic (exact) mass is 185 g/mol. The van der Waals surface area contributed by atoms with E-state index < -0.39 is 11.4 Å². The Balaban J connectivity index is 3.11. The zero-order valence-corrected chi connectivity index (χ0v) is 7.11. The average Bonchev–Trinajstić information content (AvgIpc) is 1.87. The minimum atomic E-state index is -2.16. The second-order valence-corrected chi connectivity index (χ2v) is 3.12. The number of hydrogen-bond acceptors (Lipinski definition) is 4. The van der Waals surface area contributed by atoms with Gasteiger partial charge in [-0.15, -0.1) is 0 Å². The van der Waals surface area contributed by atoms with Crippen molar-refractivity contribution in [2.24, 2.45) is 5.73 Å². The molecule has 0 aliphatic carbocycles. The van der Waals surface area contributed by atoms with Crippen LogP contribution in [0.5, 0.6) is 0 Å². The molecule has 62 valence electrons. The topological polar surface area (TPSA) is 72.5 Å². The van der Waals surface area contributed by atoms with Crippen LogP contribution in [0, 0.1) is 0 Å². The number of nitrogens with two attached hydrogens (primary N) is 1. The van der Waals surface area contributed by atoms with Gasteiger partial charge in [0.25, 0.3) is 0 Å². The Hall–Kier alpha value is 0.380. The fourth-order valence-corrected chi connectivity index (χ4v) is 0.718. The molecule has 0 spiro atoms. The molecule has 0 bridgehead atoms. The van der Waals surface area contributed by atoms with Crippen LogP contribution < -0.4 is 5.73 Å². The van der Waals surface area contributed by atoms with Gasteiger partial charge in [-0.05, 0) is 6.42 Å². The van der Waals surface area contributed by atoms with Crippen LogP contribution in [-0.2, 0) is 15.5 Å². The molecule has 10 heavy (non-hydrogen) atoms. The van der Waals surface area contributed by atoms with Crippen LogP contribution in [0.2, 0.25) is 0 Å². The third-order valence-corrected chi connectivity index (χ3v) is 1.74. The van der Waals surface area contributed by atoms with Crippen LogP contribution in [0.1, 0.15) is 6.42 Å². The van der Waals surface area contributed by atoms with E-state index in [1.165, 1.54) is 0 Å². The normalized spacial score (nSPS) is 16.7. The summed E-state index contributed by atoms with van der Waals surface area (Å²) in [5.41, 5.74) is 5.22. The lowest BCUT2D eigenvalue weighted by molar-refractivity contribution is 0.301. The van der Waals surface area contributed by atoms with Crippen molar-refractivity contribution in [3.8, 4) is 0 Å². The van der Waals surface area contributed by atoms with Gasteiger partial charge in [0.1, 0.15) is 0 Å². The van der Waals surface area contributed by atoms with E-state index in [1.54, 1.807) is 0 Å². The molecule has 2 atom stereocenters. The molecule has 0 aliphatic heterocycles. The molecule has 0 aromatic heterocycles. The molecule has 0 aliphatic rings. The summed E-state index contributed by atoms with van der Waals surface area (Å²) in [6.45, 7) is 0.666. The fraction of sp³-hybridized carbons (Fsp3) is 1.00. The Morgan fingerprint density at radius 2 is 2.40 bits per heavy atom. The highest BCUT2D eigenvalue weighted by Gasteiger charge is 2.00. The second kappa shape index (κ2) is 6.11. The summed E-state index contributed by atoms with van der Waals surface area (Å²) >= 11 is 1.89. The Morgan fingerprint density at radius 3 is 2.80 bits per heavy atom.